The number of ether oxygens (including phenoxy) is 1. The molecule has 1 N–H and O–H groups in total. The Kier molecular flexibility index (Phi) is 4.97. The molecule has 3 aromatic carbocycles. The molecule has 4 rings (SSSR count). The first-order valence-electron chi connectivity index (χ1n) is 9.21. The topological polar surface area (TPSA) is 47.3 Å². The summed E-state index contributed by atoms with van der Waals surface area (Å²) in [6.45, 7) is 4.66. The molecule has 0 unspecified atom stereocenters. The molecule has 28 heavy (non-hydrogen) atoms. The van der Waals surface area contributed by atoms with E-state index in [1.54, 1.807) is 12.1 Å². The van der Waals surface area contributed by atoms with Gasteiger partial charge in [-0.3, -0.25) is 0 Å². The highest BCUT2D eigenvalue weighted by molar-refractivity contribution is 6.33. The van der Waals surface area contributed by atoms with Gasteiger partial charge in [-0.05, 0) is 49.7 Å². The summed E-state index contributed by atoms with van der Waals surface area (Å²) in [7, 11) is 0. The van der Waals surface area contributed by atoms with E-state index in [1.165, 1.54) is 11.6 Å². The quantitative estimate of drug-likeness (QED) is 0.460. The lowest BCUT2D eigenvalue weighted by Crippen LogP contribution is -2.05. The summed E-state index contributed by atoms with van der Waals surface area (Å²) in [5, 5.41) is 10.2. The van der Waals surface area contributed by atoms with Crippen LogP contribution in [0.2, 0.25) is 5.02 Å². The minimum absolute atomic E-state index is 0.0925. The third-order valence-electron chi connectivity index (χ3n) is 4.47. The predicted octanol–water partition coefficient (Wildman–Crippen LogP) is 5.90. The molecule has 0 saturated heterocycles. The van der Waals surface area contributed by atoms with Crippen LogP contribution in [0.4, 0.5) is 0 Å². The van der Waals surface area contributed by atoms with Gasteiger partial charge in [0.15, 0.2) is 0 Å². The number of fused-ring (bicyclic) bond motifs is 1. The van der Waals surface area contributed by atoms with E-state index < -0.39 is 0 Å². The van der Waals surface area contributed by atoms with Crippen molar-refractivity contribution in [3.05, 3.63) is 77.3 Å². The first-order chi connectivity index (χ1) is 13.5. The number of benzene rings is 3. The zero-order valence-corrected chi connectivity index (χ0v) is 16.5. The summed E-state index contributed by atoms with van der Waals surface area (Å²) in [4.78, 5) is 4.85. The lowest BCUT2D eigenvalue weighted by molar-refractivity contribution is 0.242. The summed E-state index contributed by atoms with van der Waals surface area (Å²) in [5.41, 5.74) is 3.78. The fraction of sp³-hybridized carbons (Fsp3) is 0.174. The van der Waals surface area contributed by atoms with Crippen molar-refractivity contribution in [3.63, 3.8) is 0 Å². The van der Waals surface area contributed by atoms with Crippen LogP contribution in [0.5, 0.6) is 11.5 Å². The average molecular weight is 393 g/mol. The first-order valence-corrected chi connectivity index (χ1v) is 9.59. The van der Waals surface area contributed by atoms with Crippen molar-refractivity contribution in [2.24, 2.45) is 0 Å². The summed E-state index contributed by atoms with van der Waals surface area (Å²) in [6.07, 6.45) is 0.0925. The summed E-state index contributed by atoms with van der Waals surface area (Å²) in [6, 6.07) is 21.1. The number of halogens is 1. The van der Waals surface area contributed by atoms with Crippen molar-refractivity contribution in [2.75, 3.05) is 0 Å². The Hall–Kier alpha value is -2.98. The Morgan fingerprint density at radius 2 is 1.82 bits per heavy atom. The second-order valence-electron chi connectivity index (χ2n) is 6.99. The molecular formula is C23H21ClN2O2. The number of nitrogens with zero attached hydrogens (tertiary/aromatic N) is 2. The lowest BCUT2D eigenvalue weighted by atomic mass is 10.2. The monoisotopic (exact) mass is 392 g/mol. The van der Waals surface area contributed by atoms with Crippen LogP contribution in [-0.4, -0.2) is 20.8 Å². The Balaban J connectivity index is 1.89. The molecule has 0 spiro atoms. The number of hydrogen-bond acceptors (Lipinski definition) is 3. The van der Waals surface area contributed by atoms with E-state index >= 15 is 0 Å². The van der Waals surface area contributed by atoms with Gasteiger partial charge in [0, 0.05) is 18.2 Å². The van der Waals surface area contributed by atoms with E-state index in [0.29, 0.717) is 11.6 Å². The molecule has 4 aromatic rings. The predicted molar refractivity (Wildman–Crippen MR) is 113 cm³/mol. The molecule has 0 aliphatic rings. The third kappa shape index (κ3) is 3.69. The fourth-order valence-electron chi connectivity index (χ4n) is 3.27. The number of phenols is 1. The van der Waals surface area contributed by atoms with Gasteiger partial charge in [-0.25, -0.2) is 4.98 Å². The highest BCUT2D eigenvalue weighted by atomic mass is 35.5. The van der Waals surface area contributed by atoms with E-state index in [2.05, 4.69) is 16.7 Å². The van der Waals surface area contributed by atoms with Crippen molar-refractivity contribution in [1.29, 1.82) is 0 Å². The van der Waals surface area contributed by atoms with Crippen LogP contribution < -0.4 is 4.74 Å². The van der Waals surface area contributed by atoms with Crippen molar-refractivity contribution >= 4 is 22.6 Å². The van der Waals surface area contributed by atoms with Crippen molar-refractivity contribution < 1.29 is 9.84 Å². The van der Waals surface area contributed by atoms with E-state index in [-0.39, 0.29) is 11.9 Å². The molecule has 4 nitrogen and oxygen atoms in total. The normalized spacial score (nSPS) is 11.3. The molecular weight excluding hydrogens is 372 g/mol. The number of phenolic OH excluding ortho intramolecular Hbond substituents is 1. The Morgan fingerprint density at radius 3 is 2.54 bits per heavy atom. The van der Waals surface area contributed by atoms with Crippen LogP contribution in [0.25, 0.3) is 22.4 Å². The average Bonchev–Trinajstić information content (AvgIpc) is 2.99. The van der Waals surface area contributed by atoms with Crippen LogP contribution in [0.15, 0.2) is 66.7 Å². The number of aromatic nitrogens is 2. The first kappa shape index (κ1) is 18.4. The van der Waals surface area contributed by atoms with Crippen LogP contribution in [-0.2, 0) is 6.54 Å². The highest BCUT2D eigenvalue weighted by Gasteiger charge is 2.17. The molecule has 142 valence electrons. The third-order valence-corrected chi connectivity index (χ3v) is 4.78. The fourth-order valence-corrected chi connectivity index (χ4v) is 3.53. The largest absolute Gasteiger partial charge is 0.508 e. The summed E-state index contributed by atoms with van der Waals surface area (Å²) < 4.78 is 7.97. The van der Waals surface area contributed by atoms with Gasteiger partial charge in [0.05, 0.1) is 22.2 Å². The Morgan fingerprint density at radius 1 is 1.04 bits per heavy atom. The maximum Gasteiger partial charge on any atom is 0.142 e. The number of imidazole rings is 1. The maximum absolute atomic E-state index is 9.72. The van der Waals surface area contributed by atoms with Crippen LogP contribution >= 0.6 is 11.6 Å². The summed E-state index contributed by atoms with van der Waals surface area (Å²) >= 11 is 6.43. The van der Waals surface area contributed by atoms with E-state index in [4.69, 9.17) is 21.3 Å². The zero-order valence-electron chi connectivity index (χ0n) is 15.8. The second-order valence-corrected chi connectivity index (χ2v) is 7.40. The second kappa shape index (κ2) is 7.56. The highest BCUT2D eigenvalue weighted by Crippen LogP contribution is 2.34. The van der Waals surface area contributed by atoms with Crippen LogP contribution in [0.1, 0.15) is 19.4 Å². The zero-order chi connectivity index (χ0) is 19.7. The van der Waals surface area contributed by atoms with Crippen LogP contribution in [0.3, 0.4) is 0 Å². The molecule has 5 heteroatoms. The van der Waals surface area contributed by atoms with Crippen molar-refractivity contribution in [3.8, 4) is 22.9 Å². The molecule has 1 aromatic heterocycles. The van der Waals surface area contributed by atoms with E-state index in [9.17, 15) is 5.11 Å². The molecule has 0 fully saturated rings. The minimum atomic E-state index is 0.0925. The molecule has 0 saturated carbocycles. The number of hydrogen-bond donors (Lipinski definition) is 1. The molecule has 0 bridgehead atoms. The van der Waals surface area contributed by atoms with Crippen molar-refractivity contribution in [2.45, 2.75) is 26.5 Å². The van der Waals surface area contributed by atoms with Gasteiger partial charge in [0.2, 0.25) is 0 Å². The Labute approximate surface area is 169 Å². The molecule has 0 aliphatic carbocycles. The molecule has 0 amide bonds. The van der Waals surface area contributed by atoms with E-state index in [1.807, 2.05) is 50.2 Å². The minimum Gasteiger partial charge on any atom is -0.508 e. The van der Waals surface area contributed by atoms with Crippen LogP contribution in [0, 0.1) is 0 Å². The molecule has 0 atom stereocenters. The Bertz CT molecular complexity index is 1120. The smallest absolute Gasteiger partial charge is 0.142 e. The number of aromatic hydroxyl groups is 1. The van der Waals surface area contributed by atoms with E-state index in [0.717, 1.165) is 28.2 Å². The van der Waals surface area contributed by atoms with Gasteiger partial charge in [-0.1, -0.05) is 41.9 Å². The van der Waals surface area contributed by atoms with Gasteiger partial charge in [0.1, 0.15) is 17.3 Å². The SMILES string of the molecule is CC(C)Oc1ccc2c(c1)nc(-c1ccc(O)cc1Cl)n2Cc1ccccc1. The van der Waals surface area contributed by atoms with Crippen molar-refractivity contribution in [1.82, 2.24) is 9.55 Å². The summed E-state index contributed by atoms with van der Waals surface area (Å²) in [5.74, 6) is 1.67. The lowest BCUT2D eigenvalue weighted by Gasteiger charge is -2.12. The van der Waals surface area contributed by atoms with Gasteiger partial charge in [0.25, 0.3) is 0 Å². The van der Waals surface area contributed by atoms with Gasteiger partial charge >= 0.3 is 0 Å². The molecule has 1 heterocycles. The van der Waals surface area contributed by atoms with Gasteiger partial charge in [-0.2, -0.15) is 0 Å². The molecule has 0 radical (unpaired) electrons. The number of rotatable bonds is 5. The van der Waals surface area contributed by atoms with Gasteiger partial charge in [-0.15, -0.1) is 0 Å². The van der Waals surface area contributed by atoms with Gasteiger partial charge < -0.3 is 14.4 Å². The molecule has 0 aliphatic heterocycles. The maximum atomic E-state index is 9.72. The standard InChI is InChI=1S/C23H21ClN2O2/c1-15(2)28-18-9-11-22-21(13-18)25-23(19-10-8-17(27)12-20(19)24)26(22)14-16-6-4-3-5-7-16/h3-13,15,27H,14H2,1-2H3.